The Morgan fingerprint density at radius 3 is 1.83 bits per heavy atom. The predicted octanol–water partition coefficient (Wildman–Crippen LogP) is 2.15. The zero-order valence-corrected chi connectivity index (χ0v) is 38.7. The zero-order chi connectivity index (χ0) is 49.3. The minimum Gasteiger partial charge on any atom is -0.510 e. The van der Waals surface area contributed by atoms with Crippen molar-refractivity contribution < 1.29 is 81.0 Å². The van der Waals surface area contributed by atoms with Crippen LogP contribution in [0.3, 0.4) is 0 Å². The van der Waals surface area contributed by atoms with E-state index in [2.05, 4.69) is 25.3 Å². The van der Waals surface area contributed by atoms with Crippen molar-refractivity contribution in [2.45, 2.75) is 195 Å². The van der Waals surface area contributed by atoms with E-state index in [0.29, 0.717) is 12.8 Å². The number of allylic oxidation sites excluding steroid dienone is 11. The Morgan fingerprint density at radius 1 is 0.667 bits per heavy atom. The number of ether oxygens (including phenoxy) is 2. The standard InChI is InChI=1S/C50H82O16/c1-5-6-7-8-9-10-11-12-13-14-15-16-17-18-19-20-36(54)49-45(61)40(58)30-42(66-49)48(64)44(60)32(3)22-24-35(53)41-29-39(57)47(63)50(65-41)46(62)37(55)27-31(2)21-23-34(52)28-38(56)43(59)33(4)25-26-51/h5-7,10-15,18-19,27,31,33-36,38-64H,1,3,8-9,16-17,20-26,28-30H2,2,4H3/b7-6+,11-10+,13-12+,15-14+,19-18+,37-27-/t31?,33-,34-,35+,36-,38-,39+,40+,41+,42+,43+,44+,45+,46+,47+,48-,49+,50-/m0/s1. The lowest BCUT2D eigenvalue weighted by Gasteiger charge is -2.42. The first-order chi connectivity index (χ1) is 31.3. The molecule has 2 aliphatic rings. The van der Waals surface area contributed by atoms with Gasteiger partial charge in [-0.2, -0.15) is 0 Å². The maximum atomic E-state index is 11.1. The summed E-state index contributed by atoms with van der Waals surface area (Å²) in [6.45, 7) is 10.7. The van der Waals surface area contributed by atoms with Crippen LogP contribution in [0.15, 0.2) is 97.4 Å². The van der Waals surface area contributed by atoms with Gasteiger partial charge < -0.3 is 81.0 Å². The van der Waals surface area contributed by atoms with Crippen molar-refractivity contribution in [1.29, 1.82) is 0 Å². The van der Waals surface area contributed by atoms with Gasteiger partial charge in [-0.15, -0.1) is 0 Å². The van der Waals surface area contributed by atoms with Gasteiger partial charge in [-0.25, -0.2) is 0 Å². The molecule has 1 unspecified atom stereocenters. The molecule has 0 amide bonds. The lowest BCUT2D eigenvalue weighted by molar-refractivity contribution is -0.225. The van der Waals surface area contributed by atoms with Crippen molar-refractivity contribution in [2.24, 2.45) is 11.8 Å². The van der Waals surface area contributed by atoms with Crippen molar-refractivity contribution in [3.05, 3.63) is 97.4 Å². The summed E-state index contributed by atoms with van der Waals surface area (Å²) in [5.41, 5.74) is 0.0778. The molecule has 2 saturated heterocycles. The molecule has 0 bridgehead atoms. The second kappa shape index (κ2) is 32.0. The molecule has 0 saturated carbocycles. The van der Waals surface area contributed by atoms with Crippen molar-refractivity contribution in [1.82, 2.24) is 0 Å². The summed E-state index contributed by atoms with van der Waals surface area (Å²) in [7, 11) is 0. The van der Waals surface area contributed by atoms with Crippen LogP contribution in [0.5, 0.6) is 0 Å². The van der Waals surface area contributed by atoms with Gasteiger partial charge in [0.15, 0.2) is 0 Å². The Kier molecular flexibility index (Phi) is 28.7. The van der Waals surface area contributed by atoms with E-state index in [1.165, 1.54) is 6.08 Å². The topological polar surface area (TPSA) is 302 Å². The molecule has 2 rings (SSSR count). The van der Waals surface area contributed by atoms with E-state index in [1.807, 2.05) is 42.5 Å². The minimum absolute atomic E-state index is 0.0662. The fraction of sp³-hybridized carbons (Fsp3) is 0.680. The summed E-state index contributed by atoms with van der Waals surface area (Å²) in [6.07, 6.45) is 4.02. The molecule has 16 nitrogen and oxygen atoms in total. The van der Waals surface area contributed by atoms with Gasteiger partial charge in [0.25, 0.3) is 0 Å². The van der Waals surface area contributed by atoms with Gasteiger partial charge in [-0.05, 0) is 87.7 Å². The average Bonchev–Trinajstić information content (AvgIpc) is 3.29. The Balaban J connectivity index is 1.87. The van der Waals surface area contributed by atoms with Crippen LogP contribution in [0.2, 0.25) is 0 Å². The highest BCUT2D eigenvalue weighted by atomic mass is 16.5. The number of unbranched alkanes of at least 4 members (excludes halogenated alkanes) is 2. The van der Waals surface area contributed by atoms with Crippen LogP contribution >= 0.6 is 0 Å². The van der Waals surface area contributed by atoms with Gasteiger partial charge in [0, 0.05) is 25.9 Å². The average molecular weight is 939 g/mol. The number of rotatable bonds is 31. The van der Waals surface area contributed by atoms with Gasteiger partial charge in [-0.3, -0.25) is 0 Å². The molecule has 66 heavy (non-hydrogen) atoms. The third-order valence-electron chi connectivity index (χ3n) is 12.3. The highest BCUT2D eigenvalue weighted by Crippen LogP contribution is 2.31. The van der Waals surface area contributed by atoms with Gasteiger partial charge in [0.05, 0.1) is 54.9 Å². The fourth-order valence-electron chi connectivity index (χ4n) is 7.96. The van der Waals surface area contributed by atoms with Gasteiger partial charge in [-0.1, -0.05) is 93.8 Å². The summed E-state index contributed by atoms with van der Waals surface area (Å²) in [5, 5.41) is 148. The van der Waals surface area contributed by atoms with Crippen LogP contribution in [0.25, 0.3) is 0 Å². The molecular weight excluding hydrogens is 857 g/mol. The van der Waals surface area contributed by atoms with Gasteiger partial charge in [0.2, 0.25) is 0 Å². The molecule has 18 atom stereocenters. The number of hydrogen-bond donors (Lipinski definition) is 14. The van der Waals surface area contributed by atoms with E-state index in [0.717, 1.165) is 19.3 Å². The largest absolute Gasteiger partial charge is 0.510 e. The van der Waals surface area contributed by atoms with Crippen LogP contribution in [-0.2, 0) is 9.47 Å². The molecular formula is C50H82O16. The Bertz CT molecular complexity index is 1550. The second-order valence-corrected chi connectivity index (χ2v) is 17.9. The Hall–Kier alpha value is -2.88. The van der Waals surface area contributed by atoms with E-state index in [-0.39, 0.29) is 69.5 Å². The summed E-state index contributed by atoms with van der Waals surface area (Å²) in [5.74, 6) is -1.37. The first kappa shape index (κ1) is 59.2. The number of aliphatic hydroxyl groups excluding tert-OH is 14. The molecule has 0 spiro atoms. The first-order valence-electron chi connectivity index (χ1n) is 23.4. The molecule has 0 aromatic rings. The molecule has 2 fully saturated rings. The second-order valence-electron chi connectivity index (χ2n) is 17.9. The third-order valence-corrected chi connectivity index (χ3v) is 12.3. The van der Waals surface area contributed by atoms with Gasteiger partial charge in [0.1, 0.15) is 48.5 Å². The molecule has 0 aromatic carbocycles. The zero-order valence-electron chi connectivity index (χ0n) is 38.7. The smallest absolute Gasteiger partial charge is 0.139 e. The number of aliphatic hydroxyl groups is 14. The molecule has 16 heteroatoms. The van der Waals surface area contributed by atoms with Gasteiger partial charge >= 0.3 is 0 Å². The maximum absolute atomic E-state index is 11.1. The van der Waals surface area contributed by atoms with Crippen molar-refractivity contribution >= 4 is 0 Å². The Morgan fingerprint density at radius 2 is 1.23 bits per heavy atom. The van der Waals surface area contributed by atoms with E-state index < -0.39 is 109 Å². The molecule has 0 aromatic heterocycles. The monoisotopic (exact) mass is 939 g/mol. The molecule has 0 radical (unpaired) electrons. The van der Waals surface area contributed by atoms with E-state index in [9.17, 15) is 66.4 Å². The van der Waals surface area contributed by atoms with Crippen LogP contribution in [0.1, 0.15) is 97.3 Å². The summed E-state index contributed by atoms with van der Waals surface area (Å²) in [6, 6.07) is 0. The van der Waals surface area contributed by atoms with Crippen LogP contribution < -0.4 is 0 Å². The van der Waals surface area contributed by atoms with E-state index in [4.69, 9.17) is 14.6 Å². The molecule has 14 N–H and O–H groups in total. The van der Waals surface area contributed by atoms with Crippen molar-refractivity contribution in [3.8, 4) is 0 Å². The SMILES string of the molecule is C=C/C=C/CC/C=C/C=C/C=C/CC/C=C/C[C@H](O)[C@H]1O[C@@H]([C@H](O)[C@H](O)C(=C)CC[C@@H](O)[C@H]2C[C@@H](O)[C@@H](O)[C@H]([C@H](O)/C(O)=C/C(C)CC[C@H](O)C[C@H](O)[C@H](O)[C@@H](C)CCO)O2)C[C@@H](O)[C@H]1O. The van der Waals surface area contributed by atoms with Crippen LogP contribution in [0, 0.1) is 11.8 Å². The molecule has 2 heterocycles. The maximum Gasteiger partial charge on any atom is 0.139 e. The minimum atomic E-state index is -1.81. The molecule has 0 aliphatic carbocycles. The highest BCUT2D eigenvalue weighted by Gasteiger charge is 2.46. The van der Waals surface area contributed by atoms with E-state index >= 15 is 0 Å². The quantitative estimate of drug-likeness (QED) is 0.0205. The summed E-state index contributed by atoms with van der Waals surface area (Å²) >= 11 is 0. The normalized spacial score (nSPS) is 29.3. The number of hydrogen-bond acceptors (Lipinski definition) is 16. The van der Waals surface area contributed by atoms with Crippen LogP contribution in [0.4, 0.5) is 0 Å². The van der Waals surface area contributed by atoms with E-state index in [1.54, 1.807) is 26.0 Å². The highest BCUT2D eigenvalue weighted by molar-refractivity contribution is 5.12. The Labute approximate surface area is 390 Å². The van der Waals surface area contributed by atoms with Crippen molar-refractivity contribution in [2.75, 3.05) is 6.61 Å². The summed E-state index contributed by atoms with van der Waals surface area (Å²) < 4.78 is 11.6. The van der Waals surface area contributed by atoms with Crippen LogP contribution in [-0.4, -0.2) is 176 Å². The molecule has 378 valence electrons. The lowest BCUT2D eigenvalue weighted by Crippen LogP contribution is -2.57. The predicted molar refractivity (Wildman–Crippen MR) is 251 cm³/mol. The summed E-state index contributed by atoms with van der Waals surface area (Å²) in [4.78, 5) is 0. The lowest BCUT2D eigenvalue weighted by atomic mass is 9.87. The first-order valence-corrected chi connectivity index (χ1v) is 23.4. The fourth-order valence-corrected chi connectivity index (χ4v) is 7.96. The van der Waals surface area contributed by atoms with Crippen molar-refractivity contribution in [3.63, 3.8) is 0 Å². The third kappa shape index (κ3) is 20.8. The molecule has 2 aliphatic heterocycles.